The van der Waals surface area contributed by atoms with E-state index in [0.29, 0.717) is 6.54 Å². The highest BCUT2D eigenvalue weighted by Gasteiger charge is 1.99. The van der Waals surface area contributed by atoms with E-state index in [1.54, 1.807) is 6.20 Å². The molecule has 15 heavy (non-hydrogen) atoms. The quantitative estimate of drug-likeness (QED) is 0.920. The first-order valence-electron chi connectivity index (χ1n) is 4.34. The number of aromatic nitrogens is 1. The standard InChI is InChI=1S/C10H8BrClN2S/c11-7-1-3-8(4-2-7)13-6-10-14-5-9(12)15-10/h1-5,13H,6H2. The number of rotatable bonds is 3. The number of nitrogens with one attached hydrogen (secondary N) is 1. The van der Waals surface area contributed by atoms with Crippen molar-refractivity contribution in [2.75, 3.05) is 5.32 Å². The van der Waals surface area contributed by atoms with E-state index < -0.39 is 0 Å². The van der Waals surface area contributed by atoms with Gasteiger partial charge in [-0.2, -0.15) is 0 Å². The van der Waals surface area contributed by atoms with Crippen LogP contribution in [0.5, 0.6) is 0 Å². The molecule has 0 fully saturated rings. The lowest BCUT2D eigenvalue weighted by Gasteiger charge is -2.03. The predicted molar refractivity (Wildman–Crippen MR) is 68.6 cm³/mol. The highest BCUT2D eigenvalue weighted by atomic mass is 79.9. The first-order chi connectivity index (χ1) is 7.24. The topological polar surface area (TPSA) is 24.9 Å². The summed E-state index contributed by atoms with van der Waals surface area (Å²) < 4.78 is 1.80. The van der Waals surface area contributed by atoms with E-state index in [1.165, 1.54) is 11.3 Å². The summed E-state index contributed by atoms with van der Waals surface area (Å²) in [4.78, 5) is 4.16. The minimum Gasteiger partial charge on any atom is -0.379 e. The predicted octanol–water partition coefficient (Wildman–Crippen LogP) is 4.17. The van der Waals surface area contributed by atoms with Crippen LogP contribution in [0, 0.1) is 0 Å². The van der Waals surface area contributed by atoms with Crippen molar-refractivity contribution in [2.24, 2.45) is 0 Å². The smallest absolute Gasteiger partial charge is 0.113 e. The van der Waals surface area contributed by atoms with Crippen molar-refractivity contribution in [3.63, 3.8) is 0 Å². The average molecular weight is 304 g/mol. The lowest BCUT2D eigenvalue weighted by Crippen LogP contribution is -1.97. The van der Waals surface area contributed by atoms with Crippen LogP contribution in [0.3, 0.4) is 0 Å². The van der Waals surface area contributed by atoms with E-state index in [9.17, 15) is 0 Å². The Bertz CT molecular complexity index is 441. The van der Waals surface area contributed by atoms with Gasteiger partial charge in [0.25, 0.3) is 0 Å². The number of benzene rings is 1. The summed E-state index contributed by atoms with van der Waals surface area (Å²) in [5.74, 6) is 0. The van der Waals surface area contributed by atoms with Gasteiger partial charge >= 0.3 is 0 Å². The van der Waals surface area contributed by atoms with Gasteiger partial charge in [0.1, 0.15) is 9.34 Å². The van der Waals surface area contributed by atoms with Gasteiger partial charge in [0.05, 0.1) is 12.7 Å². The second-order valence-electron chi connectivity index (χ2n) is 2.92. The maximum absolute atomic E-state index is 5.78. The minimum absolute atomic E-state index is 0.707. The number of thiazole rings is 1. The van der Waals surface area contributed by atoms with E-state index in [2.05, 4.69) is 26.2 Å². The largest absolute Gasteiger partial charge is 0.379 e. The van der Waals surface area contributed by atoms with Crippen LogP contribution in [0.1, 0.15) is 5.01 Å². The van der Waals surface area contributed by atoms with Crippen LogP contribution >= 0.6 is 38.9 Å². The van der Waals surface area contributed by atoms with Gasteiger partial charge < -0.3 is 5.32 Å². The first kappa shape index (κ1) is 10.9. The SMILES string of the molecule is Clc1cnc(CNc2ccc(Br)cc2)s1. The molecule has 2 aromatic rings. The molecule has 0 radical (unpaired) electrons. The zero-order valence-corrected chi connectivity index (χ0v) is 10.9. The molecule has 1 N–H and O–H groups in total. The third kappa shape index (κ3) is 3.19. The van der Waals surface area contributed by atoms with Gasteiger partial charge in [-0.15, -0.1) is 11.3 Å². The van der Waals surface area contributed by atoms with Crippen LogP contribution in [0.15, 0.2) is 34.9 Å². The van der Waals surface area contributed by atoms with Crippen LogP contribution in [0.25, 0.3) is 0 Å². The summed E-state index contributed by atoms with van der Waals surface area (Å²) in [5, 5.41) is 4.26. The Kier molecular flexibility index (Phi) is 3.61. The first-order valence-corrected chi connectivity index (χ1v) is 6.32. The fourth-order valence-corrected chi connectivity index (χ4v) is 2.28. The summed E-state index contributed by atoms with van der Waals surface area (Å²) >= 11 is 10.7. The second kappa shape index (κ2) is 4.96. The molecule has 1 heterocycles. The summed E-state index contributed by atoms with van der Waals surface area (Å²) in [7, 11) is 0. The molecule has 0 amide bonds. The average Bonchev–Trinajstić information content (AvgIpc) is 2.64. The number of hydrogen-bond acceptors (Lipinski definition) is 3. The molecule has 0 saturated carbocycles. The molecular weight excluding hydrogens is 296 g/mol. The molecule has 0 saturated heterocycles. The van der Waals surface area contributed by atoms with Gasteiger partial charge in [-0.25, -0.2) is 4.98 Å². The molecule has 78 valence electrons. The lowest BCUT2D eigenvalue weighted by atomic mass is 10.3. The molecule has 2 nitrogen and oxygen atoms in total. The Morgan fingerprint density at radius 3 is 2.67 bits per heavy atom. The van der Waals surface area contributed by atoms with Crippen LogP contribution < -0.4 is 5.32 Å². The molecular formula is C10H8BrClN2S. The molecule has 0 bridgehead atoms. The van der Waals surface area contributed by atoms with Crippen molar-refractivity contribution in [2.45, 2.75) is 6.54 Å². The van der Waals surface area contributed by atoms with Gasteiger partial charge in [0, 0.05) is 10.2 Å². The second-order valence-corrected chi connectivity index (χ2v) is 5.58. The maximum atomic E-state index is 5.78. The van der Waals surface area contributed by atoms with E-state index in [0.717, 1.165) is 19.5 Å². The van der Waals surface area contributed by atoms with Crippen LogP contribution in [-0.4, -0.2) is 4.98 Å². The Morgan fingerprint density at radius 1 is 1.33 bits per heavy atom. The minimum atomic E-state index is 0.707. The Labute approximate surface area is 105 Å². The summed E-state index contributed by atoms with van der Waals surface area (Å²) in [6.07, 6.45) is 1.67. The van der Waals surface area contributed by atoms with E-state index in [-0.39, 0.29) is 0 Å². The van der Waals surface area contributed by atoms with Gasteiger partial charge in [-0.1, -0.05) is 27.5 Å². The van der Waals surface area contributed by atoms with Crippen molar-refractivity contribution < 1.29 is 0 Å². The zero-order chi connectivity index (χ0) is 10.7. The molecule has 0 aliphatic carbocycles. The molecule has 1 aromatic carbocycles. The van der Waals surface area contributed by atoms with Crippen molar-refractivity contribution >= 4 is 44.6 Å². The molecule has 5 heteroatoms. The fourth-order valence-electron chi connectivity index (χ4n) is 1.12. The molecule has 0 aliphatic rings. The van der Waals surface area contributed by atoms with Gasteiger partial charge in [0.15, 0.2) is 0 Å². The molecule has 0 aliphatic heterocycles. The van der Waals surface area contributed by atoms with Gasteiger partial charge in [-0.3, -0.25) is 0 Å². The number of halogens is 2. The lowest BCUT2D eigenvalue weighted by molar-refractivity contribution is 1.10. The van der Waals surface area contributed by atoms with Crippen molar-refractivity contribution in [1.82, 2.24) is 4.98 Å². The third-order valence-electron chi connectivity index (χ3n) is 1.81. The fraction of sp³-hybridized carbons (Fsp3) is 0.100. The number of hydrogen-bond donors (Lipinski definition) is 1. The molecule has 0 atom stereocenters. The number of anilines is 1. The monoisotopic (exact) mass is 302 g/mol. The molecule has 0 spiro atoms. The number of nitrogens with zero attached hydrogens (tertiary/aromatic N) is 1. The Hall–Kier alpha value is -0.580. The van der Waals surface area contributed by atoms with Crippen LogP contribution in [0.2, 0.25) is 4.34 Å². The molecule has 0 unspecified atom stereocenters. The third-order valence-corrected chi connectivity index (χ3v) is 3.46. The van der Waals surface area contributed by atoms with E-state index in [4.69, 9.17) is 11.6 Å². The summed E-state index contributed by atoms with van der Waals surface area (Å²) in [6.45, 7) is 0.707. The van der Waals surface area contributed by atoms with Crippen LogP contribution in [-0.2, 0) is 6.54 Å². The normalized spacial score (nSPS) is 10.3. The van der Waals surface area contributed by atoms with Crippen molar-refractivity contribution in [1.29, 1.82) is 0 Å². The van der Waals surface area contributed by atoms with Gasteiger partial charge in [0.2, 0.25) is 0 Å². The van der Waals surface area contributed by atoms with Crippen molar-refractivity contribution in [3.8, 4) is 0 Å². The Morgan fingerprint density at radius 2 is 2.07 bits per heavy atom. The van der Waals surface area contributed by atoms with E-state index >= 15 is 0 Å². The van der Waals surface area contributed by atoms with Crippen LogP contribution in [0.4, 0.5) is 5.69 Å². The zero-order valence-electron chi connectivity index (χ0n) is 7.71. The molecule has 2 rings (SSSR count). The Balaban J connectivity index is 1.96. The molecule has 1 aromatic heterocycles. The van der Waals surface area contributed by atoms with Crippen molar-refractivity contribution in [3.05, 3.63) is 44.3 Å². The van der Waals surface area contributed by atoms with Gasteiger partial charge in [-0.05, 0) is 24.3 Å². The highest BCUT2D eigenvalue weighted by Crippen LogP contribution is 2.20. The highest BCUT2D eigenvalue weighted by molar-refractivity contribution is 9.10. The van der Waals surface area contributed by atoms with E-state index in [1.807, 2.05) is 24.3 Å². The maximum Gasteiger partial charge on any atom is 0.113 e. The summed E-state index contributed by atoms with van der Waals surface area (Å²) in [5.41, 5.74) is 1.07. The summed E-state index contributed by atoms with van der Waals surface area (Å²) in [6, 6.07) is 8.02.